The normalized spacial score (nSPS) is 10.4. The summed E-state index contributed by atoms with van der Waals surface area (Å²) < 4.78 is 0. The lowest BCUT2D eigenvalue weighted by Crippen LogP contribution is -2.19. The number of primary amides is 1. The van der Waals surface area contributed by atoms with Gasteiger partial charge in [0.2, 0.25) is 0 Å². The molecular weight excluding hydrogens is 360 g/mol. The molecule has 6 nitrogen and oxygen atoms in total. The zero-order chi connectivity index (χ0) is 19.2. The van der Waals surface area contributed by atoms with Gasteiger partial charge in [-0.2, -0.15) is 0 Å². The van der Waals surface area contributed by atoms with Gasteiger partial charge in [-0.3, -0.25) is 9.59 Å². The maximum Gasteiger partial charge on any atom is 0.259 e. The molecule has 0 fully saturated rings. The summed E-state index contributed by atoms with van der Waals surface area (Å²) in [5, 5.41) is 3.13. The third-order valence-electron chi connectivity index (χ3n) is 3.78. The molecule has 0 radical (unpaired) electrons. The summed E-state index contributed by atoms with van der Waals surface area (Å²) in [7, 11) is 0. The summed E-state index contributed by atoms with van der Waals surface area (Å²) in [5.74, 6) is -0.465. The van der Waals surface area contributed by atoms with E-state index < -0.39 is 11.8 Å². The molecule has 3 aromatic rings. The first kappa shape index (κ1) is 18.5. The average Bonchev–Trinajstić information content (AvgIpc) is 2.67. The summed E-state index contributed by atoms with van der Waals surface area (Å²) in [5.41, 5.74) is 13.4. The van der Waals surface area contributed by atoms with Crippen molar-refractivity contribution in [3.63, 3.8) is 0 Å². The highest BCUT2D eigenvalue weighted by Crippen LogP contribution is 2.27. The van der Waals surface area contributed by atoms with E-state index in [0.717, 1.165) is 5.56 Å². The molecule has 0 bridgehead atoms. The molecule has 7 heteroatoms. The number of nitrogens with two attached hydrogens (primary N) is 2. The fourth-order valence-corrected chi connectivity index (χ4v) is 3.40. The van der Waals surface area contributed by atoms with Gasteiger partial charge >= 0.3 is 0 Å². The van der Waals surface area contributed by atoms with E-state index in [9.17, 15) is 9.59 Å². The van der Waals surface area contributed by atoms with Crippen molar-refractivity contribution in [1.82, 2.24) is 4.98 Å². The number of hydrogen-bond acceptors (Lipinski definition) is 5. The van der Waals surface area contributed by atoms with Crippen LogP contribution in [0.15, 0.2) is 71.8 Å². The predicted octanol–water partition coefficient (Wildman–Crippen LogP) is 3.31. The van der Waals surface area contributed by atoms with E-state index in [1.807, 2.05) is 36.4 Å². The summed E-state index contributed by atoms with van der Waals surface area (Å²) >= 11 is 1.34. The van der Waals surface area contributed by atoms with Gasteiger partial charge in [0, 0.05) is 11.4 Å². The molecule has 0 unspecified atom stereocenters. The van der Waals surface area contributed by atoms with E-state index in [-0.39, 0.29) is 16.9 Å². The monoisotopic (exact) mass is 378 g/mol. The molecule has 1 heterocycles. The zero-order valence-corrected chi connectivity index (χ0v) is 15.2. The second-order valence-electron chi connectivity index (χ2n) is 5.73. The van der Waals surface area contributed by atoms with Gasteiger partial charge in [0.25, 0.3) is 11.8 Å². The van der Waals surface area contributed by atoms with Gasteiger partial charge < -0.3 is 16.8 Å². The Morgan fingerprint density at radius 2 is 1.59 bits per heavy atom. The number of carbonyl (C=O) groups excluding carboxylic acids is 2. The lowest BCUT2D eigenvalue weighted by atomic mass is 10.1. The quantitative estimate of drug-likeness (QED) is 0.570. The van der Waals surface area contributed by atoms with Crippen LogP contribution in [0.1, 0.15) is 26.3 Å². The Morgan fingerprint density at radius 1 is 0.963 bits per heavy atom. The number of thioether (sulfide) groups is 1. The average molecular weight is 378 g/mol. The largest absolute Gasteiger partial charge is 0.383 e. The molecule has 0 saturated heterocycles. The van der Waals surface area contributed by atoms with Crippen LogP contribution in [-0.2, 0) is 5.75 Å². The van der Waals surface area contributed by atoms with Crippen LogP contribution >= 0.6 is 11.8 Å². The number of nitrogens with one attached hydrogen (secondary N) is 1. The highest BCUT2D eigenvalue weighted by Gasteiger charge is 2.19. The molecule has 0 aliphatic heterocycles. The Bertz CT molecular complexity index is 962. The molecule has 0 spiro atoms. The number of para-hydroxylation sites is 1. The van der Waals surface area contributed by atoms with Crippen molar-refractivity contribution >= 4 is 35.1 Å². The number of nitrogen functional groups attached to an aromatic ring is 1. The Balaban J connectivity index is 1.85. The first-order chi connectivity index (χ1) is 13.0. The minimum atomic E-state index is -0.660. The second kappa shape index (κ2) is 8.37. The Kier molecular flexibility index (Phi) is 5.73. The van der Waals surface area contributed by atoms with Gasteiger partial charge in [0.05, 0.1) is 11.1 Å². The van der Waals surface area contributed by atoms with Crippen molar-refractivity contribution in [2.24, 2.45) is 5.73 Å². The van der Waals surface area contributed by atoms with Crippen LogP contribution in [0.2, 0.25) is 0 Å². The molecule has 2 aromatic carbocycles. The Hall–Kier alpha value is -3.32. The van der Waals surface area contributed by atoms with Gasteiger partial charge in [-0.25, -0.2) is 4.98 Å². The number of rotatable bonds is 6. The van der Waals surface area contributed by atoms with Gasteiger partial charge in [-0.15, -0.1) is 11.8 Å². The van der Waals surface area contributed by atoms with Crippen molar-refractivity contribution in [3.8, 4) is 0 Å². The van der Waals surface area contributed by atoms with Crippen molar-refractivity contribution in [2.75, 3.05) is 11.1 Å². The summed E-state index contributed by atoms with van der Waals surface area (Å²) in [6.07, 6.45) is 0. The summed E-state index contributed by atoms with van der Waals surface area (Å²) in [6.45, 7) is 0. The number of nitrogens with zero attached hydrogens (tertiary/aromatic N) is 1. The molecule has 0 atom stereocenters. The highest BCUT2D eigenvalue weighted by molar-refractivity contribution is 7.98. The molecule has 1 aromatic heterocycles. The van der Waals surface area contributed by atoms with Crippen molar-refractivity contribution in [2.45, 2.75) is 10.8 Å². The summed E-state index contributed by atoms with van der Waals surface area (Å²) in [6, 6.07) is 20.1. The summed E-state index contributed by atoms with van der Waals surface area (Å²) in [4.78, 5) is 28.6. The Labute approximate surface area is 161 Å². The van der Waals surface area contributed by atoms with Crippen LogP contribution in [0.5, 0.6) is 0 Å². The fourth-order valence-electron chi connectivity index (χ4n) is 2.42. The van der Waals surface area contributed by atoms with Gasteiger partial charge in [0.15, 0.2) is 0 Å². The van der Waals surface area contributed by atoms with Gasteiger partial charge in [-0.1, -0.05) is 48.5 Å². The molecule has 0 aliphatic rings. The topological polar surface area (TPSA) is 111 Å². The third-order valence-corrected chi connectivity index (χ3v) is 4.84. The highest BCUT2D eigenvalue weighted by atomic mass is 32.2. The van der Waals surface area contributed by atoms with Crippen molar-refractivity contribution in [1.29, 1.82) is 0 Å². The predicted molar refractivity (Wildman–Crippen MR) is 108 cm³/mol. The smallest absolute Gasteiger partial charge is 0.259 e. The Morgan fingerprint density at radius 3 is 2.22 bits per heavy atom. The van der Waals surface area contributed by atoms with E-state index in [0.29, 0.717) is 16.5 Å². The maximum atomic E-state index is 12.5. The number of benzene rings is 2. The van der Waals surface area contributed by atoms with E-state index in [2.05, 4.69) is 10.3 Å². The number of pyridine rings is 1. The van der Waals surface area contributed by atoms with Crippen LogP contribution in [0.4, 0.5) is 11.5 Å². The number of carbonyl (C=O) groups is 2. The van der Waals surface area contributed by atoms with Crippen LogP contribution in [0.3, 0.4) is 0 Å². The molecule has 3 rings (SSSR count). The number of hydrogen-bond donors (Lipinski definition) is 3. The van der Waals surface area contributed by atoms with Crippen molar-refractivity contribution in [3.05, 3.63) is 83.4 Å². The maximum absolute atomic E-state index is 12.5. The molecular formula is C20H18N4O2S. The first-order valence-electron chi connectivity index (χ1n) is 8.18. The van der Waals surface area contributed by atoms with E-state index in [1.165, 1.54) is 17.8 Å². The number of aromatic nitrogens is 1. The first-order valence-corrected chi connectivity index (χ1v) is 9.16. The van der Waals surface area contributed by atoms with Crippen LogP contribution in [-0.4, -0.2) is 16.8 Å². The van der Waals surface area contributed by atoms with Crippen LogP contribution in [0.25, 0.3) is 0 Å². The van der Waals surface area contributed by atoms with Crippen LogP contribution in [0, 0.1) is 0 Å². The van der Waals surface area contributed by atoms with Gasteiger partial charge in [0.1, 0.15) is 10.8 Å². The van der Waals surface area contributed by atoms with E-state index >= 15 is 0 Å². The van der Waals surface area contributed by atoms with Crippen molar-refractivity contribution < 1.29 is 9.59 Å². The van der Waals surface area contributed by atoms with E-state index in [1.54, 1.807) is 24.3 Å². The molecule has 2 amide bonds. The molecule has 5 N–H and O–H groups in total. The van der Waals surface area contributed by atoms with E-state index in [4.69, 9.17) is 11.5 Å². The molecule has 0 saturated carbocycles. The zero-order valence-electron chi connectivity index (χ0n) is 14.4. The number of anilines is 2. The molecule has 0 aliphatic carbocycles. The molecule has 136 valence electrons. The lowest BCUT2D eigenvalue weighted by molar-refractivity contribution is 0.0997. The standard InChI is InChI=1S/C20H18N4O2S/c21-17-15(19(26)23-14-9-5-2-6-10-14)11-16(18(22)25)20(24-17)27-12-13-7-3-1-4-8-13/h1-11H,12H2,(H2,21,24)(H2,22,25)(H,23,26). The lowest BCUT2D eigenvalue weighted by Gasteiger charge is -2.12. The third kappa shape index (κ3) is 4.65. The minimum absolute atomic E-state index is 0.0454. The number of amides is 2. The second-order valence-corrected chi connectivity index (χ2v) is 6.70. The SMILES string of the molecule is NC(=O)c1cc(C(=O)Nc2ccccc2)c(N)nc1SCc1ccccc1. The van der Waals surface area contributed by atoms with Crippen LogP contribution < -0.4 is 16.8 Å². The minimum Gasteiger partial charge on any atom is -0.383 e. The fraction of sp³-hybridized carbons (Fsp3) is 0.0500. The van der Waals surface area contributed by atoms with Gasteiger partial charge in [-0.05, 0) is 23.8 Å². The molecule has 27 heavy (non-hydrogen) atoms.